The second-order valence-electron chi connectivity index (χ2n) is 6.63. The Bertz CT molecular complexity index is 638. The van der Waals surface area contributed by atoms with Crippen LogP contribution in [0.4, 0.5) is 0 Å². The topological polar surface area (TPSA) is 67.3 Å². The third-order valence-corrected chi connectivity index (χ3v) is 5.63. The van der Waals surface area contributed by atoms with Crippen LogP contribution in [0.2, 0.25) is 0 Å². The fourth-order valence-electron chi connectivity index (χ4n) is 3.00. The first kappa shape index (κ1) is 17.3. The highest BCUT2D eigenvalue weighted by Gasteiger charge is 2.19. The van der Waals surface area contributed by atoms with Gasteiger partial charge in [0.2, 0.25) is 0 Å². The minimum absolute atomic E-state index is 0.361. The second kappa shape index (κ2) is 8.05. The van der Waals surface area contributed by atoms with Gasteiger partial charge in [0.1, 0.15) is 0 Å². The molecule has 0 amide bonds. The van der Waals surface area contributed by atoms with Crippen molar-refractivity contribution in [3.8, 4) is 11.3 Å². The van der Waals surface area contributed by atoms with Crippen molar-refractivity contribution < 1.29 is 5.11 Å². The molecule has 1 aromatic heterocycles. The van der Waals surface area contributed by atoms with Gasteiger partial charge in [-0.3, -0.25) is 0 Å². The monoisotopic (exact) mass is 346 g/mol. The molecule has 0 unspecified atom stereocenters. The largest absolute Gasteiger partial charge is 0.391 e. The molecular weight excluding hydrogens is 320 g/mol. The normalized spacial score (nSPS) is 17.9. The van der Waals surface area contributed by atoms with Gasteiger partial charge in [-0.25, -0.2) is 9.66 Å². The Kier molecular flexibility index (Phi) is 5.81. The number of benzene rings is 1. The molecule has 130 valence electrons. The number of rotatable bonds is 6. The molecule has 1 atom stereocenters. The summed E-state index contributed by atoms with van der Waals surface area (Å²) in [4.78, 5) is 6.94. The van der Waals surface area contributed by atoms with Crippen molar-refractivity contribution in [1.82, 2.24) is 14.6 Å². The van der Waals surface area contributed by atoms with Crippen LogP contribution in [0.1, 0.15) is 19.8 Å². The summed E-state index contributed by atoms with van der Waals surface area (Å²) in [5.74, 6) is 7.43. The SMILES string of the molecule is CC1CCN(C[C@@H](O)CSc2nc(-c3ccccc3)cn2N)CC1. The van der Waals surface area contributed by atoms with Gasteiger partial charge in [0.05, 0.1) is 18.0 Å². The summed E-state index contributed by atoms with van der Waals surface area (Å²) < 4.78 is 1.54. The van der Waals surface area contributed by atoms with E-state index in [2.05, 4.69) is 16.8 Å². The maximum Gasteiger partial charge on any atom is 0.187 e. The van der Waals surface area contributed by atoms with Crippen LogP contribution in [0.5, 0.6) is 0 Å². The van der Waals surface area contributed by atoms with E-state index in [1.165, 1.54) is 24.6 Å². The summed E-state index contributed by atoms with van der Waals surface area (Å²) in [5, 5.41) is 11.0. The van der Waals surface area contributed by atoms with Crippen molar-refractivity contribution in [2.45, 2.75) is 31.0 Å². The molecule has 1 aliphatic rings. The van der Waals surface area contributed by atoms with Crippen LogP contribution < -0.4 is 5.84 Å². The molecule has 5 nitrogen and oxygen atoms in total. The van der Waals surface area contributed by atoms with E-state index in [0.29, 0.717) is 5.75 Å². The van der Waals surface area contributed by atoms with E-state index in [-0.39, 0.29) is 6.10 Å². The minimum atomic E-state index is -0.361. The highest BCUT2D eigenvalue weighted by atomic mass is 32.2. The van der Waals surface area contributed by atoms with Crippen LogP contribution in [-0.4, -0.2) is 51.2 Å². The number of piperidine rings is 1. The van der Waals surface area contributed by atoms with Gasteiger partial charge < -0.3 is 15.8 Å². The van der Waals surface area contributed by atoms with Crippen LogP contribution in [-0.2, 0) is 0 Å². The summed E-state index contributed by atoms with van der Waals surface area (Å²) in [7, 11) is 0. The Hall–Kier alpha value is -1.50. The average molecular weight is 347 g/mol. The maximum atomic E-state index is 10.3. The maximum absolute atomic E-state index is 10.3. The van der Waals surface area contributed by atoms with E-state index in [1.807, 2.05) is 36.5 Å². The lowest BCUT2D eigenvalue weighted by Gasteiger charge is -2.31. The zero-order valence-corrected chi connectivity index (χ0v) is 15.0. The van der Waals surface area contributed by atoms with Crippen molar-refractivity contribution in [3.05, 3.63) is 36.5 Å². The highest BCUT2D eigenvalue weighted by Crippen LogP contribution is 2.23. The molecule has 1 saturated heterocycles. The summed E-state index contributed by atoms with van der Waals surface area (Å²) in [6, 6.07) is 9.99. The number of aliphatic hydroxyl groups excluding tert-OH is 1. The van der Waals surface area contributed by atoms with Gasteiger partial charge in [-0.1, -0.05) is 49.0 Å². The van der Waals surface area contributed by atoms with Crippen LogP contribution in [0.25, 0.3) is 11.3 Å². The van der Waals surface area contributed by atoms with E-state index in [9.17, 15) is 5.11 Å². The summed E-state index contributed by atoms with van der Waals surface area (Å²) in [5.41, 5.74) is 1.91. The highest BCUT2D eigenvalue weighted by molar-refractivity contribution is 7.99. The third-order valence-electron chi connectivity index (χ3n) is 4.52. The summed E-state index contributed by atoms with van der Waals surface area (Å²) >= 11 is 1.51. The minimum Gasteiger partial charge on any atom is -0.391 e. The van der Waals surface area contributed by atoms with Gasteiger partial charge in [-0.2, -0.15) is 0 Å². The van der Waals surface area contributed by atoms with Crippen molar-refractivity contribution in [2.24, 2.45) is 5.92 Å². The van der Waals surface area contributed by atoms with Gasteiger partial charge in [0.15, 0.2) is 5.16 Å². The smallest absolute Gasteiger partial charge is 0.187 e. The number of nitrogen functional groups attached to an aromatic ring is 1. The van der Waals surface area contributed by atoms with E-state index < -0.39 is 0 Å². The Labute approximate surface area is 147 Å². The fraction of sp³-hybridized carbons (Fsp3) is 0.500. The number of hydrogen-bond donors (Lipinski definition) is 2. The Morgan fingerprint density at radius 1 is 1.29 bits per heavy atom. The lowest BCUT2D eigenvalue weighted by atomic mass is 9.99. The Balaban J connectivity index is 1.52. The predicted octanol–water partition coefficient (Wildman–Crippen LogP) is 2.45. The molecule has 24 heavy (non-hydrogen) atoms. The fourth-order valence-corrected chi connectivity index (χ4v) is 3.81. The van der Waals surface area contributed by atoms with Gasteiger partial charge in [-0.15, -0.1) is 0 Å². The van der Waals surface area contributed by atoms with Gasteiger partial charge in [0.25, 0.3) is 0 Å². The molecule has 3 N–H and O–H groups in total. The van der Waals surface area contributed by atoms with E-state index in [4.69, 9.17) is 5.84 Å². The number of thioether (sulfide) groups is 1. The van der Waals surface area contributed by atoms with Crippen molar-refractivity contribution in [3.63, 3.8) is 0 Å². The van der Waals surface area contributed by atoms with Crippen molar-refractivity contribution in [1.29, 1.82) is 0 Å². The average Bonchev–Trinajstić information content (AvgIpc) is 2.97. The molecule has 0 saturated carbocycles. The van der Waals surface area contributed by atoms with Gasteiger partial charge in [0, 0.05) is 17.9 Å². The summed E-state index contributed by atoms with van der Waals surface area (Å²) in [6.45, 7) is 5.21. The molecule has 1 aromatic carbocycles. The number of nitrogens with two attached hydrogens (primary N) is 1. The lowest BCUT2D eigenvalue weighted by molar-refractivity contribution is 0.105. The molecule has 2 aromatic rings. The predicted molar refractivity (Wildman–Crippen MR) is 99.4 cm³/mol. The molecule has 0 spiro atoms. The van der Waals surface area contributed by atoms with Crippen LogP contribution in [0, 0.1) is 5.92 Å². The zero-order chi connectivity index (χ0) is 16.9. The number of likely N-dealkylation sites (tertiary alicyclic amines) is 1. The number of nitrogens with zero attached hydrogens (tertiary/aromatic N) is 3. The molecule has 2 heterocycles. The first-order valence-corrected chi connectivity index (χ1v) is 9.53. The molecule has 0 radical (unpaired) electrons. The van der Waals surface area contributed by atoms with Crippen LogP contribution >= 0.6 is 11.8 Å². The quantitative estimate of drug-likeness (QED) is 0.621. The van der Waals surface area contributed by atoms with E-state index in [0.717, 1.165) is 42.0 Å². The molecule has 3 rings (SSSR count). The van der Waals surface area contributed by atoms with E-state index >= 15 is 0 Å². The molecule has 6 heteroatoms. The van der Waals surface area contributed by atoms with E-state index in [1.54, 1.807) is 4.68 Å². The van der Waals surface area contributed by atoms with Crippen molar-refractivity contribution in [2.75, 3.05) is 31.2 Å². The molecular formula is C18H26N4OS. The standard InChI is InChI=1S/C18H26N4OS/c1-14-7-9-21(10-8-14)11-16(23)13-24-18-20-17(12-22(18)19)15-5-3-2-4-6-15/h2-6,12,14,16,23H,7-11,13,19H2,1H3/t16-/m1/s1. The zero-order valence-electron chi connectivity index (χ0n) is 14.1. The number of imidazole rings is 1. The number of aromatic nitrogens is 2. The van der Waals surface area contributed by atoms with Gasteiger partial charge in [-0.05, 0) is 31.8 Å². The number of β-amino-alcohol motifs (C(OH)–C–C–N with tert-alkyl or cyclic N) is 1. The molecule has 0 bridgehead atoms. The van der Waals surface area contributed by atoms with Gasteiger partial charge >= 0.3 is 0 Å². The number of hydrogen-bond acceptors (Lipinski definition) is 5. The van der Waals surface area contributed by atoms with Crippen LogP contribution in [0.3, 0.4) is 0 Å². The van der Waals surface area contributed by atoms with Crippen LogP contribution in [0.15, 0.2) is 41.7 Å². The third kappa shape index (κ3) is 4.53. The molecule has 0 aliphatic carbocycles. The second-order valence-corrected chi connectivity index (χ2v) is 7.62. The Morgan fingerprint density at radius 3 is 2.71 bits per heavy atom. The molecule has 1 fully saturated rings. The van der Waals surface area contributed by atoms with Crippen molar-refractivity contribution >= 4 is 11.8 Å². The number of aliphatic hydroxyl groups is 1. The first-order chi connectivity index (χ1) is 11.6. The lowest BCUT2D eigenvalue weighted by Crippen LogP contribution is -2.39. The summed E-state index contributed by atoms with van der Waals surface area (Å²) in [6.07, 6.45) is 3.93. The first-order valence-electron chi connectivity index (χ1n) is 8.55. The molecule has 1 aliphatic heterocycles. The Morgan fingerprint density at radius 2 is 2.00 bits per heavy atom.